The van der Waals surface area contributed by atoms with Crippen molar-refractivity contribution >= 4 is 29.0 Å². The lowest BCUT2D eigenvalue weighted by molar-refractivity contribution is 0.0945. The zero-order valence-electron chi connectivity index (χ0n) is 8.49. The molecule has 0 heterocycles. The maximum absolute atomic E-state index is 12.1. The molecule has 1 aliphatic rings. The Hall–Kier alpha value is -1.05. The third-order valence-electron chi connectivity index (χ3n) is 2.52. The second-order valence-electron chi connectivity index (χ2n) is 3.66. The number of hydrogen-bond acceptors (Lipinski definition) is 1. The normalized spacial score (nSPS) is 19.4. The first kappa shape index (κ1) is 11.4. The molecule has 3 heteroatoms. The molecular formula is C13H10Cl2O. The van der Waals surface area contributed by atoms with Crippen LogP contribution in [0.3, 0.4) is 0 Å². The molecule has 1 aliphatic carbocycles. The van der Waals surface area contributed by atoms with E-state index in [4.69, 9.17) is 23.2 Å². The van der Waals surface area contributed by atoms with Crippen molar-refractivity contribution in [3.8, 4) is 0 Å². The van der Waals surface area contributed by atoms with Gasteiger partial charge in [0.15, 0.2) is 5.78 Å². The number of carbonyl (C=O) groups is 1. The van der Waals surface area contributed by atoms with E-state index in [9.17, 15) is 4.79 Å². The molecule has 82 valence electrons. The summed E-state index contributed by atoms with van der Waals surface area (Å²) >= 11 is 11.6. The number of Topliss-reactive ketones (excluding diaryl/α,β-unsaturated/α-hetero) is 1. The third kappa shape index (κ3) is 2.55. The van der Waals surface area contributed by atoms with Crippen molar-refractivity contribution in [3.63, 3.8) is 0 Å². The van der Waals surface area contributed by atoms with Crippen LogP contribution in [0, 0.1) is 5.92 Å². The van der Waals surface area contributed by atoms with Crippen LogP contribution in [0.1, 0.15) is 16.8 Å². The van der Waals surface area contributed by atoms with E-state index in [2.05, 4.69) is 0 Å². The van der Waals surface area contributed by atoms with Gasteiger partial charge in [-0.1, -0.05) is 35.4 Å². The first-order valence-corrected chi connectivity index (χ1v) is 5.76. The summed E-state index contributed by atoms with van der Waals surface area (Å²) in [5.74, 6) is -0.00277. The van der Waals surface area contributed by atoms with Gasteiger partial charge in [-0.15, -0.1) is 0 Å². The Kier molecular flexibility index (Phi) is 3.47. The maximum atomic E-state index is 12.1. The van der Waals surface area contributed by atoms with Crippen LogP contribution in [0.5, 0.6) is 0 Å². The molecule has 0 aromatic heterocycles. The van der Waals surface area contributed by atoms with Gasteiger partial charge in [-0.25, -0.2) is 0 Å². The van der Waals surface area contributed by atoms with Crippen LogP contribution >= 0.6 is 23.2 Å². The van der Waals surface area contributed by atoms with Crippen LogP contribution in [0.2, 0.25) is 5.02 Å². The Morgan fingerprint density at radius 2 is 1.88 bits per heavy atom. The smallest absolute Gasteiger partial charge is 0.170 e. The summed E-state index contributed by atoms with van der Waals surface area (Å²) in [4.78, 5) is 12.1. The highest BCUT2D eigenvalue weighted by Crippen LogP contribution is 2.23. The Morgan fingerprint density at radius 1 is 1.19 bits per heavy atom. The Labute approximate surface area is 104 Å². The van der Waals surface area contributed by atoms with E-state index < -0.39 is 0 Å². The number of ketones is 1. The molecule has 1 aromatic carbocycles. The summed E-state index contributed by atoms with van der Waals surface area (Å²) in [6, 6.07) is 6.95. The zero-order chi connectivity index (χ0) is 11.5. The molecule has 0 saturated heterocycles. The van der Waals surface area contributed by atoms with Gasteiger partial charge in [-0.3, -0.25) is 4.79 Å². The summed E-state index contributed by atoms with van der Waals surface area (Å²) < 4.78 is 0. The topological polar surface area (TPSA) is 17.1 Å². The standard InChI is InChI=1S/C13H10Cl2O/c14-11-5-1-9(2-6-11)13(16)10-3-7-12(15)8-4-10/h1-3,5-8,10H,4H2. The highest BCUT2D eigenvalue weighted by molar-refractivity contribution is 6.31. The van der Waals surface area contributed by atoms with Crippen molar-refractivity contribution in [1.29, 1.82) is 0 Å². The largest absolute Gasteiger partial charge is 0.294 e. The van der Waals surface area contributed by atoms with Gasteiger partial charge in [0.2, 0.25) is 0 Å². The summed E-state index contributed by atoms with van der Waals surface area (Å²) in [5, 5.41) is 1.33. The highest BCUT2D eigenvalue weighted by atomic mass is 35.5. The minimum Gasteiger partial charge on any atom is -0.294 e. The van der Waals surface area contributed by atoms with Crippen LogP contribution in [0.15, 0.2) is 47.5 Å². The quantitative estimate of drug-likeness (QED) is 0.721. The van der Waals surface area contributed by atoms with Gasteiger partial charge in [-0.2, -0.15) is 0 Å². The molecule has 1 aromatic rings. The van der Waals surface area contributed by atoms with E-state index in [1.807, 2.05) is 12.2 Å². The predicted molar refractivity (Wildman–Crippen MR) is 67.0 cm³/mol. The molecule has 0 N–H and O–H groups in total. The Morgan fingerprint density at radius 3 is 2.44 bits per heavy atom. The van der Waals surface area contributed by atoms with Crippen LogP contribution in [-0.2, 0) is 0 Å². The molecule has 0 radical (unpaired) electrons. The molecule has 1 atom stereocenters. The molecule has 1 unspecified atom stereocenters. The van der Waals surface area contributed by atoms with Gasteiger partial charge in [0.25, 0.3) is 0 Å². The fourth-order valence-electron chi connectivity index (χ4n) is 1.62. The van der Waals surface area contributed by atoms with Gasteiger partial charge in [-0.05, 0) is 36.8 Å². The molecule has 0 saturated carbocycles. The summed E-state index contributed by atoms with van der Waals surface area (Å²) in [6.07, 6.45) is 6.14. The molecule has 0 bridgehead atoms. The molecule has 0 spiro atoms. The van der Waals surface area contributed by atoms with Crippen LogP contribution in [0.4, 0.5) is 0 Å². The molecule has 0 fully saturated rings. The van der Waals surface area contributed by atoms with Gasteiger partial charge >= 0.3 is 0 Å². The van der Waals surface area contributed by atoms with Gasteiger partial charge in [0, 0.05) is 21.5 Å². The van der Waals surface area contributed by atoms with E-state index in [-0.39, 0.29) is 11.7 Å². The zero-order valence-corrected chi connectivity index (χ0v) is 10.0. The molecule has 0 amide bonds. The number of rotatable bonds is 2. The third-order valence-corrected chi connectivity index (χ3v) is 3.05. The van der Waals surface area contributed by atoms with Crippen molar-refractivity contribution in [3.05, 3.63) is 58.1 Å². The van der Waals surface area contributed by atoms with E-state index in [0.29, 0.717) is 22.0 Å². The van der Waals surface area contributed by atoms with E-state index in [0.717, 1.165) is 0 Å². The Bertz CT molecular complexity index is 457. The lowest BCUT2D eigenvalue weighted by Gasteiger charge is -2.12. The molecule has 0 aliphatic heterocycles. The first-order valence-electron chi connectivity index (χ1n) is 5.00. The Balaban J connectivity index is 2.15. The minimum absolute atomic E-state index is 0.105. The fourth-order valence-corrected chi connectivity index (χ4v) is 1.90. The van der Waals surface area contributed by atoms with E-state index in [1.165, 1.54) is 0 Å². The van der Waals surface area contributed by atoms with Gasteiger partial charge in [0.05, 0.1) is 0 Å². The number of halogens is 2. The van der Waals surface area contributed by atoms with Crippen LogP contribution in [-0.4, -0.2) is 5.78 Å². The molecule has 16 heavy (non-hydrogen) atoms. The van der Waals surface area contributed by atoms with Crippen molar-refractivity contribution in [1.82, 2.24) is 0 Å². The molecule has 2 rings (SSSR count). The van der Waals surface area contributed by atoms with Gasteiger partial charge in [0.1, 0.15) is 0 Å². The summed E-state index contributed by atoms with van der Waals surface area (Å²) in [5.41, 5.74) is 0.686. The average molecular weight is 253 g/mol. The predicted octanol–water partition coefficient (Wildman–Crippen LogP) is 4.22. The molecular weight excluding hydrogens is 243 g/mol. The van der Waals surface area contributed by atoms with Crippen LogP contribution < -0.4 is 0 Å². The summed E-state index contributed by atoms with van der Waals surface area (Å²) in [7, 11) is 0. The number of carbonyl (C=O) groups excluding carboxylic acids is 1. The maximum Gasteiger partial charge on any atom is 0.170 e. The van der Waals surface area contributed by atoms with Crippen molar-refractivity contribution in [2.24, 2.45) is 5.92 Å². The van der Waals surface area contributed by atoms with E-state index >= 15 is 0 Å². The van der Waals surface area contributed by atoms with Crippen molar-refractivity contribution in [2.75, 3.05) is 0 Å². The lowest BCUT2D eigenvalue weighted by Crippen LogP contribution is -2.13. The van der Waals surface area contributed by atoms with Crippen molar-refractivity contribution < 1.29 is 4.79 Å². The number of benzene rings is 1. The van der Waals surface area contributed by atoms with Gasteiger partial charge < -0.3 is 0 Å². The SMILES string of the molecule is O=C(c1ccc(Cl)cc1)C1C=CC(Cl)=CC1. The highest BCUT2D eigenvalue weighted by Gasteiger charge is 2.18. The average Bonchev–Trinajstić information content (AvgIpc) is 2.30. The van der Waals surface area contributed by atoms with Crippen molar-refractivity contribution in [2.45, 2.75) is 6.42 Å². The van der Waals surface area contributed by atoms with E-state index in [1.54, 1.807) is 30.3 Å². The number of allylic oxidation sites excluding steroid dienone is 4. The molecule has 1 nitrogen and oxygen atoms in total. The number of hydrogen-bond donors (Lipinski definition) is 0. The van der Waals surface area contributed by atoms with Crippen LogP contribution in [0.25, 0.3) is 0 Å². The lowest BCUT2D eigenvalue weighted by atomic mass is 9.92. The fraction of sp³-hybridized carbons (Fsp3) is 0.154. The summed E-state index contributed by atoms with van der Waals surface area (Å²) in [6.45, 7) is 0. The minimum atomic E-state index is -0.108. The monoisotopic (exact) mass is 252 g/mol. The second-order valence-corrected chi connectivity index (χ2v) is 4.53. The second kappa shape index (κ2) is 4.86. The first-order chi connectivity index (χ1) is 7.66.